The van der Waals surface area contributed by atoms with E-state index in [0.29, 0.717) is 0 Å². The molecule has 0 aromatic carbocycles. The Hall–Kier alpha value is -1.29. The quantitative estimate of drug-likeness (QED) is 0.390. The highest BCUT2D eigenvalue weighted by atomic mass is 16.7. The minimum absolute atomic E-state index is 0.214. The summed E-state index contributed by atoms with van der Waals surface area (Å²) in [4.78, 5) is 10.7. The van der Waals surface area contributed by atoms with E-state index >= 15 is 0 Å². The molecule has 0 radical (unpaired) electrons. The van der Waals surface area contributed by atoms with Crippen LogP contribution in [0.1, 0.15) is 13.8 Å². The van der Waals surface area contributed by atoms with E-state index < -0.39 is 6.29 Å². The van der Waals surface area contributed by atoms with E-state index in [-0.39, 0.29) is 18.2 Å². The van der Waals surface area contributed by atoms with E-state index in [9.17, 15) is 4.79 Å². The van der Waals surface area contributed by atoms with Crippen LogP contribution < -0.4 is 0 Å². The lowest BCUT2D eigenvalue weighted by atomic mass is 10.1. The number of carbonyl (C=O) groups is 1. The maximum atomic E-state index is 10.7. The van der Waals surface area contributed by atoms with Gasteiger partial charge in [0.25, 0.3) is 0 Å². The van der Waals surface area contributed by atoms with Gasteiger partial charge in [0, 0.05) is 6.92 Å². The van der Waals surface area contributed by atoms with Gasteiger partial charge in [-0.1, -0.05) is 6.58 Å². The zero-order valence-corrected chi connectivity index (χ0v) is 8.30. The summed E-state index contributed by atoms with van der Waals surface area (Å²) in [5.41, 5.74) is 0. The molecular formula is C10H14O4. The lowest BCUT2D eigenvalue weighted by molar-refractivity contribution is -0.168. The predicted molar refractivity (Wildman–Crippen MR) is 50.3 cm³/mol. The zero-order valence-electron chi connectivity index (χ0n) is 8.30. The van der Waals surface area contributed by atoms with E-state index in [1.807, 2.05) is 6.92 Å². The van der Waals surface area contributed by atoms with Gasteiger partial charge < -0.3 is 14.2 Å². The number of hydrogen-bond donors (Lipinski definition) is 0. The Balaban J connectivity index is 2.53. The third-order valence-corrected chi connectivity index (χ3v) is 1.80. The van der Waals surface area contributed by atoms with Crippen LogP contribution in [0.4, 0.5) is 0 Å². The number of esters is 1. The summed E-state index contributed by atoms with van der Waals surface area (Å²) < 4.78 is 15.4. The second kappa shape index (κ2) is 4.81. The smallest absolute Gasteiger partial charge is 0.303 e. The molecular weight excluding hydrogens is 184 g/mol. The Morgan fingerprint density at radius 3 is 2.79 bits per heavy atom. The van der Waals surface area contributed by atoms with Crippen LogP contribution >= 0.6 is 0 Å². The van der Waals surface area contributed by atoms with Gasteiger partial charge in [-0.05, 0) is 19.1 Å². The molecule has 0 saturated carbocycles. The molecule has 0 aliphatic carbocycles. The van der Waals surface area contributed by atoms with Crippen LogP contribution in [-0.2, 0) is 19.0 Å². The van der Waals surface area contributed by atoms with Crippen molar-refractivity contribution < 1.29 is 19.0 Å². The molecule has 1 aliphatic rings. The van der Waals surface area contributed by atoms with E-state index in [0.717, 1.165) is 0 Å². The fourth-order valence-electron chi connectivity index (χ4n) is 1.19. The summed E-state index contributed by atoms with van der Waals surface area (Å²) in [5, 5.41) is 0. The average Bonchev–Trinajstić information content (AvgIpc) is 2.10. The zero-order chi connectivity index (χ0) is 10.6. The van der Waals surface area contributed by atoms with Crippen LogP contribution in [-0.4, -0.2) is 24.5 Å². The summed E-state index contributed by atoms with van der Waals surface area (Å²) in [5.74, 6) is -0.321. The number of carbonyl (C=O) groups excluding carboxylic acids is 1. The Morgan fingerprint density at radius 2 is 2.29 bits per heavy atom. The van der Waals surface area contributed by atoms with Gasteiger partial charge in [0.2, 0.25) is 6.29 Å². The molecule has 0 unspecified atom stereocenters. The fraction of sp³-hybridized carbons (Fsp3) is 0.500. The Bertz CT molecular complexity index is 247. The van der Waals surface area contributed by atoms with Gasteiger partial charge in [-0.25, -0.2) is 0 Å². The molecule has 0 saturated heterocycles. The first-order chi connectivity index (χ1) is 6.63. The molecule has 0 amide bonds. The molecule has 14 heavy (non-hydrogen) atoms. The topological polar surface area (TPSA) is 44.8 Å². The SMILES string of the molecule is C=CO[C@H]1C=C[C@@H](OC(C)=O)[C@H](C)O1. The normalized spacial score (nSPS) is 30.9. The molecule has 78 valence electrons. The predicted octanol–water partition coefficient (Wildman–Crippen LogP) is 1.38. The largest absolute Gasteiger partial charge is 0.469 e. The van der Waals surface area contributed by atoms with Gasteiger partial charge >= 0.3 is 5.97 Å². The average molecular weight is 198 g/mol. The molecule has 4 heteroatoms. The minimum Gasteiger partial charge on any atom is -0.469 e. The van der Waals surface area contributed by atoms with Gasteiger partial charge in [-0.15, -0.1) is 0 Å². The summed E-state index contributed by atoms with van der Waals surface area (Å²) in [6.45, 7) is 6.61. The highest BCUT2D eigenvalue weighted by Gasteiger charge is 2.25. The molecule has 1 heterocycles. The minimum atomic E-state index is -0.436. The Morgan fingerprint density at radius 1 is 1.57 bits per heavy atom. The summed E-state index contributed by atoms with van der Waals surface area (Å²) >= 11 is 0. The maximum absolute atomic E-state index is 10.7. The fourth-order valence-corrected chi connectivity index (χ4v) is 1.19. The third kappa shape index (κ3) is 2.88. The highest BCUT2D eigenvalue weighted by Crippen LogP contribution is 2.16. The first-order valence-corrected chi connectivity index (χ1v) is 4.41. The van der Waals surface area contributed by atoms with Crippen molar-refractivity contribution in [1.82, 2.24) is 0 Å². The number of rotatable bonds is 3. The molecule has 4 nitrogen and oxygen atoms in total. The molecule has 0 N–H and O–H groups in total. The van der Waals surface area contributed by atoms with Crippen molar-refractivity contribution in [1.29, 1.82) is 0 Å². The van der Waals surface area contributed by atoms with Gasteiger partial charge in [0.05, 0.1) is 12.4 Å². The molecule has 0 spiro atoms. The second-order valence-corrected chi connectivity index (χ2v) is 2.97. The van der Waals surface area contributed by atoms with Crippen molar-refractivity contribution in [2.75, 3.05) is 0 Å². The third-order valence-electron chi connectivity index (χ3n) is 1.80. The Kier molecular flexibility index (Phi) is 3.71. The van der Waals surface area contributed by atoms with Crippen molar-refractivity contribution in [3.63, 3.8) is 0 Å². The van der Waals surface area contributed by atoms with Gasteiger partial charge in [0.15, 0.2) is 0 Å². The van der Waals surface area contributed by atoms with Crippen LogP contribution in [0.2, 0.25) is 0 Å². The maximum Gasteiger partial charge on any atom is 0.303 e. The van der Waals surface area contributed by atoms with Gasteiger partial charge in [0.1, 0.15) is 6.10 Å². The van der Waals surface area contributed by atoms with Crippen LogP contribution in [0.3, 0.4) is 0 Å². The first-order valence-electron chi connectivity index (χ1n) is 4.41. The molecule has 1 rings (SSSR count). The first kappa shape index (κ1) is 10.8. The van der Waals surface area contributed by atoms with Gasteiger partial charge in [-0.2, -0.15) is 0 Å². The van der Waals surface area contributed by atoms with Crippen LogP contribution in [0, 0.1) is 0 Å². The van der Waals surface area contributed by atoms with E-state index in [1.54, 1.807) is 12.2 Å². The van der Waals surface area contributed by atoms with Crippen molar-refractivity contribution >= 4 is 5.97 Å². The summed E-state index contributed by atoms with van der Waals surface area (Å²) in [6.07, 6.45) is 3.77. The highest BCUT2D eigenvalue weighted by molar-refractivity contribution is 5.66. The van der Waals surface area contributed by atoms with Gasteiger partial charge in [-0.3, -0.25) is 4.79 Å². The molecule has 1 aliphatic heterocycles. The summed E-state index contributed by atoms with van der Waals surface area (Å²) in [7, 11) is 0. The van der Waals surface area contributed by atoms with Crippen LogP contribution in [0.5, 0.6) is 0 Å². The van der Waals surface area contributed by atoms with E-state index in [4.69, 9.17) is 14.2 Å². The van der Waals surface area contributed by atoms with Crippen molar-refractivity contribution in [2.24, 2.45) is 0 Å². The van der Waals surface area contributed by atoms with Crippen LogP contribution in [0.25, 0.3) is 0 Å². The number of hydrogen-bond acceptors (Lipinski definition) is 4. The summed E-state index contributed by atoms with van der Waals surface area (Å²) in [6, 6.07) is 0. The standard InChI is InChI=1S/C10H14O4/c1-4-12-10-6-5-9(7(2)13-10)14-8(3)11/h4-7,9-10H,1H2,2-3H3/t7-,9+,10+/m0/s1. The molecule has 3 atom stereocenters. The van der Waals surface area contributed by atoms with Crippen molar-refractivity contribution in [2.45, 2.75) is 32.3 Å². The Labute approximate surface area is 83.1 Å². The lowest BCUT2D eigenvalue weighted by Gasteiger charge is -2.28. The van der Waals surface area contributed by atoms with Crippen LogP contribution in [0.15, 0.2) is 25.0 Å². The van der Waals surface area contributed by atoms with Crippen molar-refractivity contribution in [3.05, 3.63) is 25.0 Å². The molecule has 0 bridgehead atoms. The van der Waals surface area contributed by atoms with E-state index in [2.05, 4.69) is 6.58 Å². The molecule has 0 aromatic heterocycles. The lowest BCUT2D eigenvalue weighted by Crippen LogP contribution is -2.36. The monoisotopic (exact) mass is 198 g/mol. The van der Waals surface area contributed by atoms with Crippen molar-refractivity contribution in [3.8, 4) is 0 Å². The second-order valence-electron chi connectivity index (χ2n) is 2.97. The molecule has 0 aromatic rings. The number of ether oxygens (including phenoxy) is 3. The van der Waals surface area contributed by atoms with E-state index in [1.165, 1.54) is 13.2 Å². The molecule has 0 fully saturated rings.